The first-order valence-corrected chi connectivity index (χ1v) is 9.50. The van der Waals surface area contributed by atoms with E-state index in [-0.39, 0.29) is 34.1 Å². The van der Waals surface area contributed by atoms with E-state index < -0.39 is 10.0 Å². The molecule has 0 spiro atoms. The van der Waals surface area contributed by atoms with Crippen LogP contribution in [0.4, 0.5) is 0 Å². The molecule has 2 heterocycles. The van der Waals surface area contributed by atoms with Crippen LogP contribution in [0.5, 0.6) is 0 Å². The Morgan fingerprint density at radius 1 is 1.29 bits per heavy atom. The van der Waals surface area contributed by atoms with Gasteiger partial charge in [0.1, 0.15) is 4.21 Å². The number of hydrogen-bond acceptors (Lipinski definition) is 5. The molecule has 0 aromatic carbocycles. The molecule has 1 aliphatic heterocycles. The van der Waals surface area contributed by atoms with Crippen LogP contribution in [-0.4, -0.2) is 63.3 Å². The van der Waals surface area contributed by atoms with Gasteiger partial charge in [0.2, 0.25) is 15.9 Å². The number of carbonyl (C=O) groups is 1. The number of aliphatic imine (C=N–C) groups is 1. The van der Waals surface area contributed by atoms with Crippen LogP contribution in [-0.2, 0) is 21.4 Å². The highest BCUT2D eigenvalue weighted by Gasteiger charge is 2.21. The van der Waals surface area contributed by atoms with Gasteiger partial charge in [0.05, 0.1) is 6.54 Å². The molecule has 0 bridgehead atoms. The first-order chi connectivity index (χ1) is 10.8. The van der Waals surface area contributed by atoms with Gasteiger partial charge in [-0.2, -0.15) is 0 Å². The van der Waals surface area contributed by atoms with Crippen molar-refractivity contribution >= 4 is 57.2 Å². The summed E-state index contributed by atoms with van der Waals surface area (Å²) in [6.45, 7) is 4.82. The lowest BCUT2D eigenvalue weighted by molar-refractivity contribution is -0.130. The summed E-state index contributed by atoms with van der Waals surface area (Å²) in [6, 6.07) is 3.24. The average molecular weight is 487 g/mol. The molecule has 1 aliphatic rings. The van der Waals surface area contributed by atoms with E-state index in [1.54, 1.807) is 24.9 Å². The normalized spacial score (nSPS) is 15.9. The lowest BCUT2D eigenvalue weighted by Crippen LogP contribution is -2.53. The zero-order valence-electron chi connectivity index (χ0n) is 13.6. The van der Waals surface area contributed by atoms with Gasteiger partial charge in [0, 0.05) is 45.0 Å². The minimum atomic E-state index is -3.65. The minimum Gasteiger partial charge on any atom is -0.351 e. The van der Waals surface area contributed by atoms with E-state index in [0.29, 0.717) is 32.7 Å². The molecule has 8 nitrogen and oxygen atoms in total. The molecule has 1 aromatic heterocycles. The molecule has 1 fully saturated rings. The van der Waals surface area contributed by atoms with Gasteiger partial charge in [-0.25, -0.2) is 13.6 Å². The van der Waals surface area contributed by atoms with Gasteiger partial charge in [-0.3, -0.25) is 9.79 Å². The molecule has 0 atom stereocenters. The first-order valence-electron chi connectivity index (χ1n) is 7.14. The van der Waals surface area contributed by atoms with Crippen LogP contribution in [0.25, 0.3) is 0 Å². The van der Waals surface area contributed by atoms with E-state index in [2.05, 4.69) is 15.2 Å². The largest absolute Gasteiger partial charge is 0.351 e. The van der Waals surface area contributed by atoms with Gasteiger partial charge in [-0.1, -0.05) is 0 Å². The van der Waals surface area contributed by atoms with E-state index in [1.165, 1.54) is 6.07 Å². The number of carbonyl (C=O) groups excluding carboxylic acids is 1. The zero-order valence-corrected chi connectivity index (χ0v) is 17.5. The van der Waals surface area contributed by atoms with Crippen molar-refractivity contribution in [3.05, 3.63) is 17.0 Å². The molecular formula is C13H22IN5O3S2. The predicted octanol–water partition coefficient (Wildman–Crippen LogP) is 0.253. The third-order valence-corrected chi connectivity index (χ3v) is 6.10. The smallest absolute Gasteiger partial charge is 0.247 e. The van der Waals surface area contributed by atoms with Crippen LogP contribution in [0.2, 0.25) is 0 Å². The van der Waals surface area contributed by atoms with Gasteiger partial charge in [-0.05, 0) is 12.1 Å². The topological polar surface area (TPSA) is 108 Å². The van der Waals surface area contributed by atoms with E-state index in [0.717, 1.165) is 22.2 Å². The maximum Gasteiger partial charge on any atom is 0.247 e. The number of amides is 1. The fourth-order valence-corrected chi connectivity index (χ4v) is 4.06. The number of piperazine rings is 1. The summed E-state index contributed by atoms with van der Waals surface area (Å²) < 4.78 is 22.7. The average Bonchev–Trinajstić information content (AvgIpc) is 2.97. The summed E-state index contributed by atoms with van der Waals surface area (Å²) in [6.07, 6.45) is 0. The van der Waals surface area contributed by atoms with Gasteiger partial charge in [0.15, 0.2) is 5.96 Å². The van der Waals surface area contributed by atoms with Crippen molar-refractivity contribution in [2.24, 2.45) is 10.1 Å². The van der Waals surface area contributed by atoms with Crippen molar-refractivity contribution in [2.75, 3.05) is 33.2 Å². The van der Waals surface area contributed by atoms with Gasteiger partial charge in [0.25, 0.3) is 0 Å². The fraction of sp³-hybridized carbons (Fsp3) is 0.538. The number of nitrogens with one attached hydrogen (secondary N) is 1. The Balaban J connectivity index is 0.00000288. The number of primary sulfonamides is 1. The zero-order chi connectivity index (χ0) is 17.0. The van der Waals surface area contributed by atoms with E-state index in [4.69, 9.17) is 5.14 Å². The van der Waals surface area contributed by atoms with Crippen LogP contribution in [0.15, 0.2) is 21.3 Å². The van der Waals surface area contributed by atoms with Crippen molar-refractivity contribution in [1.82, 2.24) is 15.1 Å². The number of sulfonamides is 1. The number of thiophene rings is 1. The molecule has 0 aliphatic carbocycles. The highest BCUT2D eigenvalue weighted by atomic mass is 127. The highest BCUT2D eigenvalue weighted by molar-refractivity contribution is 14.0. The Hall–Kier alpha value is -0.920. The number of hydrogen-bond donors (Lipinski definition) is 2. The molecule has 1 aromatic rings. The summed E-state index contributed by atoms with van der Waals surface area (Å²) >= 11 is 1.14. The van der Waals surface area contributed by atoms with Crippen molar-refractivity contribution in [1.29, 1.82) is 0 Å². The van der Waals surface area contributed by atoms with Crippen molar-refractivity contribution < 1.29 is 13.2 Å². The van der Waals surface area contributed by atoms with Crippen LogP contribution < -0.4 is 10.5 Å². The third kappa shape index (κ3) is 5.57. The van der Waals surface area contributed by atoms with E-state index in [1.807, 2.05) is 0 Å². The van der Waals surface area contributed by atoms with E-state index in [9.17, 15) is 13.2 Å². The molecular weight excluding hydrogens is 465 g/mol. The Morgan fingerprint density at radius 2 is 1.88 bits per heavy atom. The Labute approximate surface area is 163 Å². The second-order valence-electron chi connectivity index (χ2n) is 5.16. The summed E-state index contributed by atoms with van der Waals surface area (Å²) in [4.78, 5) is 20.3. The molecule has 24 heavy (non-hydrogen) atoms. The van der Waals surface area contributed by atoms with Crippen LogP contribution in [0.1, 0.15) is 11.8 Å². The van der Waals surface area contributed by atoms with Gasteiger partial charge in [-0.15, -0.1) is 35.3 Å². The Bertz CT molecular complexity index is 696. The minimum absolute atomic E-state index is 0. The predicted molar refractivity (Wildman–Crippen MR) is 105 cm³/mol. The van der Waals surface area contributed by atoms with E-state index >= 15 is 0 Å². The molecule has 11 heteroatoms. The molecule has 136 valence electrons. The third-order valence-electron chi connectivity index (χ3n) is 3.57. The molecule has 2 rings (SSSR count). The second kappa shape index (κ2) is 8.97. The molecule has 1 saturated heterocycles. The number of nitrogens with zero attached hydrogens (tertiary/aromatic N) is 3. The van der Waals surface area contributed by atoms with Crippen LogP contribution >= 0.6 is 35.3 Å². The standard InChI is InChI=1S/C13H21N5O3S2.HI/c1-10(19)17-5-7-18(8-6-17)13(15-2)16-9-11-3-4-12(22-11)23(14,20)21;/h3-4H,5-9H2,1-2H3,(H,15,16)(H2,14,20,21);1H. The number of rotatable bonds is 3. The second-order valence-corrected chi connectivity index (χ2v) is 8.12. The monoisotopic (exact) mass is 487 g/mol. The summed E-state index contributed by atoms with van der Waals surface area (Å²) in [5.74, 6) is 0.820. The summed E-state index contributed by atoms with van der Waals surface area (Å²) in [7, 11) is -1.95. The molecule has 1 amide bonds. The molecule has 0 radical (unpaired) electrons. The van der Waals surface area contributed by atoms with Crippen molar-refractivity contribution in [2.45, 2.75) is 17.7 Å². The SMILES string of the molecule is CN=C(NCc1ccc(S(N)(=O)=O)s1)N1CCN(C(C)=O)CC1.I. The van der Waals surface area contributed by atoms with Gasteiger partial charge >= 0.3 is 0 Å². The Kier molecular flexibility index (Phi) is 7.89. The summed E-state index contributed by atoms with van der Waals surface area (Å²) in [5, 5.41) is 8.32. The summed E-state index contributed by atoms with van der Waals surface area (Å²) in [5.41, 5.74) is 0. The number of nitrogens with two attached hydrogens (primary N) is 1. The quantitative estimate of drug-likeness (QED) is 0.361. The van der Waals surface area contributed by atoms with Gasteiger partial charge < -0.3 is 15.1 Å². The molecule has 0 saturated carbocycles. The lowest BCUT2D eigenvalue weighted by atomic mass is 10.3. The van der Waals surface area contributed by atoms with Crippen molar-refractivity contribution in [3.63, 3.8) is 0 Å². The molecule has 3 N–H and O–H groups in total. The molecule has 0 unspecified atom stereocenters. The first kappa shape index (κ1) is 21.1. The maximum absolute atomic E-state index is 11.3. The Morgan fingerprint density at radius 3 is 2.33 bits per heavy atom. The maximum atomic E-state index is 11.3. The number of halogens is 1. The van der Waals surface area contributed by atoms with Crippen LogP contribution in [0, 0.1) is 0 Å². The highest BCUT2D eigenvalue weighted by Crippen LogP contribution is 2.20. The fourth-order valence-electron chi connectivity index (χ4n) is 2.34. The van der Waals surface area contributed by atoms with Crippen molar-refractivity contribution in [3.8, 4) is 0 Å². The lowest BCUT2D eigenvalue weighted by Gasteiger charge is -2.36. The number of guanidine groups is 1. The van der Waals surface area contributed by atoms with Crippen LogP contribution in [0.3, 0.4) is 0 Å².